The Morgan fingerprint density at radius 2 is 1.97 bits per heavy atom. The van der Waals surface area contributed by atoms with Crippen molar-refractivity contribution in [2.24, 2.45) is 0 Å². The Balaban J connectivity index is 2.10. The summed E-state index contributed by atoms with van der Waals surface area (Å²) in [5, 5.41) is 13.1. The van der Waals surface area contributed by atoms with E-state index in [2.05, 4.69) is 10.1 Å². The van der Waals surface area contributed by atoms with Gasteiger partial charge in [0.2, 0.25) is 0 Å². The zero-order chi connectivity index (χ0) is 23.5. The second-order valence-electron chi connectivity index (χ2n) is 7.08. The molecule has 0 radical (unpaired) electrons. The number of benzene rings is 1. The Labute approximate surface area is 185 Å². The molecule has 0 fully saturated rings. The fraction of sp³-hybridized carbons (Fsp3) is 0.381. The quantitative estimate of drug-likeness (QED) is 0.374. The highest BCUT2D eigenvalue weighted by molar-refractivity contribution is 7.16. The number of alkyl halides is 3. The van der Waals surface area contributed by atoms with Crippen LogP contribution in [0.3, 0.4) is 0 Å². The van der Waals surface area contributed by atoms with Crippen LogP contribution in [0.5, 0.6) is 0 Å². The van der Waals surface area contributed by atoms with Crippen LogP contribution >= 0.6 is 11.3 Å². The lowest BCUT2D eigenvalue weighted by Gasteiger charge is -2.35. The molecular formula is C21H19F4N3O3S. The van der Waals surface area contributed by atoms with Gasteiger partial charge in [-0.2, -0.15) is 18.4 Å². The number of rotatable bonds is 6. The number of halogens is 4. The minimum Gasteiger partial charge on any atom is -0.463 e. The van der Waals surface area contributed by atoms with Crippen molar-refractivity contribution in [3.8, 4) is 6.07 Å². The van der Waals surface area contributed by atoms with Crippen molar-refractivity contribution in [1.29, 1.82) is 5.26 Å². The highest BCUT2D eigenvalue weighted by Crippen LogP contribution is 2.41. The lowest BCUT2D eigenvalue weighted by Crippen LogP contribution is -2.69. The molecule has 2 aromatic rings. The van der Waals surface area contributed by atoms with E-state index in [1.807, 2.05) is 6.07 Å². The molecule has 0 spiro atoms. The summed E-state index contributed by atoms with van der Waals surface area (Å²) in [6.45, 7) is 0.929. The standard InChI is InChI=1S/C21H19F4N3O3S/c1-2-31-19(30)20(21(23,24)25,27-17(29)12-6-5-7-13(22)10-12)28-18-15(11-26)14-8-3-4-9-16(14)32-18/h5-7,10,28H,2-4,8-9H2,1H3,(H,27,29). The maximum Gasteiger partial charge on any atom is 0.441 e. The van der Waals surface area contributed by atoms with Gasteiger partial charge in [-0.05, 0) is 56.4 Å². The van der Waals surface area contributed by atoms with Gasteiger partial charge < -0.3 is 15.4 Å². The third-order valence-corrected chi connectivity index (χ3v) is 6.19. The summed E-state index contributed by atoms with van der Waals surface area (Å²) in [6.07, 6.45) is -2.61. The maximum absolute atomic E-state index is 14.4. The van der Waals surface area contributed by atoms with Crippen LogP contribution in [-0.4, -0.2) is 30.3 Å². The number of aryl methyl sites for hydroxylation is 1. The predicted octanol–water partition coefficient (Wildman–Crippen LogP) is 4.30. The summed E-state index contributed by atoms with van der Waals surface area (Å²) in [7, 11) is 0. The molecule has 1 amide bonds. The zero-order valence-electron chi connectivity index (χ0n) is 16.9. The normalized spacial score (nSPS) is 15.1. The van der Waals surface area contributed by atoms with Gasteiger partial charge in [0.25, 0.3) is 5.91 Å². The van der Waals surface area contributed by atoms with Gasteiger partial charge in [-0.3, -0.25) is 4.79 Å². The number of anilines is 1. The molecule has 2 N–H and O–H groups in total. The molecule has 32 heavy (non-hydrogen) atoms. The van der Waals surface area contributed by atoms with E-state index >= 15 is 0 Å². The van der Waals surface area contributed by atoms with Crippen LogP contribution in [0.4, 0.5) is 22.6 Å². The van der Waals surface area contributed by atoms with Crippen LogP contribution in [0, 0.1) is 17.1 Å². The van der Waals surface area contributed by atoms with Crippen LogP contribution in [0.15, 0.2) is 24.3 Å². The van der Waals surface area contributed by atoms with E-state index in [0.29, 0.717) is 18.4 Å². The minimum absolute atomic E-state index is 0.00243. The number of ether oxygens (including phenoxy) is 1. The van der Waals surface area contributed by atoms with Crippen LogP contribution in [0.25, 0.3) is 0 Å². The first kappa shape index (κ1) is 23.5. The van der Waals surface area contributed by atoms with E-state index in [1.165, 1.54) is 6.92 Å². The number of esters is 1. The third-order valence-electron chi connectivity index (χ3n) is 4.98. The van der Waals surface area contributed by atoms with Gasteiger partial charge in [0.1, 0.15) is 16.9 Å². The molecular weight excluding hydrogens is 450 g/mol. The summed E-state index contributed by atoms with van der Waals surface area (Å²) in [5.74, 6) is -3.98. The number of hydrogen-bond acceptors (Lipinski definition) is 6. The number of nitrogens with one attached hydrogen (secondary N) is 2. The van der Waals surface area contributed by atoms with E-state index in [0.717, 1.165) is 53.3 Å². The molecule has 0 aliphatic heterocycles. The van der Waals surface area contributed by atoms with E-state index in [1.54, 1.807) is 5.32 Å². The molecule has 170 valence electrons. The Hall–Kier alpha value is -3.13. The van der Waals surface area contributed by atoms with Crippen LogP contribution in [0.2, 0.25) is 0 Å². The SMILES string of the molecule is CCOC(=O)C(NC(=O)c1cccc(F)c1)(Nc1sc2c(c1C#N)CCCC2)C(F)(F)F. The highest BCUT2D eigenvalue weighted by Gasteiger charge is 2.64. The molecule has 1 aliphatic rings. The monoisotopic (exact) mass is 469 g/mol. The average molecular weight is 469 g/mol. The van der Waals surface area contributed by atoms with E-state index in [4.69, 9.17) is 0 Å². The van der Waals surface area contributed by atoms with Gasteiger partial charge in [-0.25, -0.2) is 9.18 Å². The number of hydrogen-bond donors (Lipinski definition) is 2. The number of nitrogens with zero attached hydrogens (tertiary/aromatic N) is 1. The Bertz CT molecular complexity index is 1080. The number of amides is 1. The number of fused-ring (bicyclic) bond motifs is 1. The predicted molar refractivity (Wildman–Crippen MR) is 109 cm³/mol. The van der Waals surface area contributed by atoms with Crippen LogP contribution < -0.4 is 10.6 Å². The summed E-state index contributed by atoms with van der Waals surface area (Å²) in [5.41, 5.74) is -3.47. The van der Waals surface area contributed by atoms with Crippen molar-refractivity contribution in [3.05, 3.63) is 51.7 Å². The van der Waals surface area contributed by atoms with Gasteiger partial charge >= 0.3 is 17.8 Å². The van der Waals surface area contributed by atoms with Crippen molar-refractivity contribution in [1.82, 2.24) is 5.32 Å². The topological polar surface area (TPSA) is 91.2 Å². The number of carbonyl (C=O) groups excluding carboxylic acids is 2. The van der Waals surface area contributed by atoms with Gasteiger partial charge in [0, 0.05) is 10.4 Å². The number of nitriles is 1. The third kappa shape index (κ3) is 4.41. The fourth-order valence-corrected chi connectivity index (χ4v) is 4.74. The molecule has 11 heteroatoms. The first-order chi connectivity index (χ1) is 15.1. The average Bonchev–Trinajstić information content (AvgIpc) is 3.09. The Morgan fingerprint density at radius 1 is 1.25 bits per heavy atom. The molecule has 0 saturated carbocycles. The molecule has 0 bridgehead atoms. The molecule has 6 nitrogen and oxygen atoms in total. The fourth-order valence-electron chi connectivity index (χ4n) is 3.44. The van der Waals surface area contributed by atoms with Crippen LogP contribution in [0.1, 0.15) is 46.1 Å². The maximum atomic E-state index is 14.4. The lowest BCUT2D eigenvalue weighted by atomic mass is 9.96. The van der Waals surface area contributed by atoms with Gasteiger partial charge in [0.05, 0.1) is 12.2 Å². The number of carbonyl (C=O) groups is 2. The second kappa shape index (κ2) is 9.16. The van der Waals surface area contributed by atoms with E-state index < -0.39 is 35.1 Å². The largest absolute Gasteiger partial charge is 0.463 e. The second-order valence-corrected chi connectivity index (χ2v) is 8.19. The van der Waals surface area contributed by atoms with Crippen molar-refractivity contribution < 1.29 is 31.9 Å². The Morgan fingerprint density at radius 3 is 2.59 bits per heavy atom. The summed E-state index contributed by atoms with van der Waals surface area (Å²) < 4.78 is 61.3. The molecule has 1 atom stereocenters. The number of thiophene rings is 1. The Kier molecular flexibility index (Phi) is 6.74. The summed E-state index contributed by atoms with van der Waals surface area (Å²) in [4.78, 5) is 26.0. The minimum atomic E-state index is -5.36. The summed E-state index contributed by atoms with van der Waals surface area (Å²) >= 11 is 0.938. The molecule has 1 aromatic carbocycles. The van der Waals surface area contributed by atoms with Crippen molar-refractivity contribution in [2.45, 2.75) is 44.4 Å². The molecule has 1 unspecified atom stereocenters. The van der Waals surface area contributed by atoms with Crippen molar-refractivity contribution in [3.63, 3.8) is 0 Å². The smallest absolute Gasteiger partial charge is 0.441 e. The first-order valence-electron chi connectivity index (χ1n) is 9.77. The first-order valence-corrected chi connectivity index (χ1v) is 10.6. The lowest BCUT2D eigenvalue weighted by molar-refractivity contribution is -0.204. The van der Waals surface area contributed by atoms with Gasteiger partial charge in [0.15, 0.2) is 0 Å². The van der Waals surface area contributed by atoms with Crippen molar-refractivity contribution >= 4 is 28.2 Å². The highest BCUT2D eigenvalue weighted by atomic mass is 32.1. The zero-order valence-corrected chi connectivity index (χ0v) is 17.8. The molecule has 3 rings (SSSR count). The van der Waals surface area contributed by atoms with Crippen molar-refractivity contribution in [2.75, 3.05) is 11.9 Å². The molecule has 0 saturated heterocycles. The van der Waals surface area contributed by atoms with Crippen LogP contribution in [-0.2, 0) is 22.4 Å². The molecule has 1 aromatic heterocycles. The molecule has 1 aliphatic carbocycles. The van der Waals surface area contributed by atoms with Gasteiger partial charge in [-0.15, -0.1) is 11.3 Å². The summed E-state index contributed by atoms with van der Waals surface area (Å²) in [6, 6.07) is 5.93. The van der Waals surface area contributed by atoms with Gasteiger partial charge in [-0.1, -0.05) is 6.07 Å². The molecule has 1 heterocycles. The van der Waals surface area contributed by atoms with E-state index in [9.17, 15) is 32.4 Å². The van der Waals surface area contributed by atoms with E-state index in [-0.39, 0.29) is 17.2 Å².